The number of rotatable bonds is 5. The third kappa shape index (κ3) is 3.35. The van der Waals surface area contributed by atoms with Crippen LogP contribution < -0.4 is 5.32 Å². The van der Waals surface area contributed by atoms with Crippen molar-refractivity contribution in [2.45, 2.75) is 19.5 Å². The molecule has 0 bridgehead atoms. The van der Waals surface area contributed by atoms with Crippen LogP contribution in [0.4, 0.5) is 0 Å². The Kier molecular flexibility index (Phi) is 4.07. The van der Waals surface area contributed by atoms with E-state index >= 15 is 0 Å². The second-order valence-corrected chi connectivity index (χ2v) is 5.01. The van der Waals surface area contributed by atoms with Gasteiger partial charge >= 0.3 is 0 Å². The molecule has 0 aliphatic rings. The Morgan fingerprint density at radius 1 is 1.10 bits per heavy atom. The number of aromatic nitrogens is 3. The van der Waals surface area contributed by atoms with Gasteiger partial charge in [0.15, 0.2) is 0 Å². The smallest absolute Gasteiger partial charge is 0.0645 e. The van der Waals surface area contributed by atoms with Crippen molar-refractivity contribution in [3.05, 3.63) is 78.4 Å². The van der Waals surface area contributed by atoms with Crippen LogP contribution in [0, 0.1) is 0 Å². The lowest BCUT2D eigenvalue weighted by molar-refractivity contribution is 0.574. The summed E-state index contributed by atoms with van der Waals surface area (Å²) in [5, 5.41) is 7.90. The largest absolute Gasteiger partial charge is 0.306 e. The molecule has 3 aromatic rings. The molecule has 0 radical (unpaired) electrons. The second kappa shape index (κ2) is 6.33. The highest BCUT2D eigenvalue weighted by Gasteiger charge is 2.05. The maximum absolute atomic E-state index is 4.40. The summed E-state index contributed by atoms with van der Waals surface area (Å²) in [5.74, 6) is 0. The van der Waals surface area contributed by atoms with Gasteiger partial charge in [-0.25, -0.2) is 4.68 Å². The number of hydrogen-bond acceptors (Lipinski definition) is 3. The third-order valence-corrected chi connectivity index (χ3v) is 3.48. The number of pyridine rings is 1. The first kappa shape index (κ1) is 13.5. The van der Waals surface area contributed by atoms with Crippen molar-refractivity contribution in [2.24, 2.45) is 0 Å². The molecule has 0 saturated heterocycles. The molecular weight excluding hydrogens is 260 g/mol. The molecule has 3 rings (SSSR count). The first-order chi connectivity index (χ1) is 10.3. The van der Waals surface area contributed by atoms with Crippen LogP contribution in [0.15, 0.2) is 67.3 Å². The Balaban J connectivity index is 1.63. The van der Waals surface area contributed by atoms with Gasteiger partial charge in [0.2, 0.25) is 0 Å². The normalized spacial score (nSPS) is 12.2. The van der Waals surface area contributed by atoms with Gasteiger partial charge in [-0.1, -0.05) is 18.2 Å². The van der Waals surface area contributed by atoms with E-state index in [4.69, 9.17) is 0 Å². The van der Waals surface area contributed by atoms with E-state index in [9.17, 15) is 0 Å². The molecule has 2 aromatic heterocycles. The number of benzene rings is 1. The summed E-state index contributed by atoms with van der Waals surface area (Å²) in [4.78, 5) is 4.04. The van der Waals surface area contributed by atoms with Gasteiger partial charge in [-0.3, -0.25) is 4.98 Å². The third-order valence-electron chi connectivity index (χ3n) is 3.48. The van der Waals surface area contributed by atoms with Gasteiger partial charge in [0.1, 0.15) is 0 Å². The Hall–Kier alpha value is -2.46. The zero-order valence-corrected chi connectivity index (χ0v) is 12.0. The molecule has 2 heterocycles. The summed E-state index contributed by atoms with van der Waals surface area (Å²) >= 11 is 0. The van der Waals surface area contributed by atoms with Crippen molar-refractivity contribution in [3.8, 4) is 5.69 Å². The lowest BCUT2D eigenvalue weighted by Gasteiger charge is -2.12. The van der Waals surface area contributed by atoms with Gasteiger partial charge in [0.05, 0.1) is 11.9 Å². The van der Waals surface area contributed by atoms with Crippen LogP contribution >= 0.6 is 0 Å². The Morgan fingerprint density at radius 3 is 2.62 bits per heavy atom. The van der Waals surface area contributed by atoms with Gasteiger partial charge in [-0.05, 0) is 36.8 Å². The number of hydrogen-bond donors (Lipinski definition) is 1. The maximum atomic E-state index is 4.40. The molecule has 0 fully saturated rings. The summed E-state index contributed by atoms with van der Waals surface area (Å²) in [6.07, 6.45) is 7.60. The molecule has 4 nitrogen and oxygen atoms in total. The summed E-state index contributed by atoms with van der Waals surface area (Å²) in [6, 6.07) is 14.5. The van der Waals surface area contributed by atoms with Gasteiger partial charge in [0, 0.05) is 36.7 Å². The lowest BCUT2D eigenvalue weighted by Crippen LogP contribution is -2.17. The molecule has 0 spiro atoms. The Morgan fingerprint density at radius 2 is 1.86 bits per heavy atom. The van der Waals surface area contributed by atoms with Crippen molar-refractivity contribution in [3.63, 3.8) is 0 Å². The van der Waals surface area contributed by atoms with Crippen molar-refractivity contribution in [1.82, 2.24) is 20.1 Å². The highest BCUT2D eigenvalue weighted by Crippen LogP contribution is 2.12. The number of nitrogens with zero attached hydrogens (tertiary/aromatic N) is 3. The Labute approximate surface area is 124 Å². The van der Waals surface area contributed by atoms with Crippen LogP contribution in [-0.2, 0) is 6.54 Å². The average Bonchev–Trinajstić information content (AvgIpc) is 3.03. The lowest BCUT2D eigenvalue weighted by atomic mass is 10.1. The molecule has 1 N–H and O–H groups in total. The SMILES string of the molecule is C[C@@H](NCc1cnn(-c2ccccc2)c1)c1ccncc1. The highest BCUT2D eigenvalue weighted by atomic mass is 15.3. The average molecular weight is 278 g/mol. The van der Waals surface area contributed by atoms with E-state index in [1.54, 1.807) is 0 Å². The molecule has 0 aliphatic heterocycles. The van der Waals surface area contributed by atoms with Crippen LogP contribution in [0.25, 0.3) is 5.69 Å². The first-order valence-electron chi connectivity index (χ1n) is 7.05. The second-order valence-electron chi connectivity index (χ2n) is 5.01. The van der Waals surface area contributed by atoms with E-state index < -0.39 is 0 Å². The van der Waals surface area contributed by atoms with Crippen molar-refractivity contribution < 1.29 is 0 Å². The van der Waals surface area contributed by atoms with E-state index in [2.05, 4.69) is 28.5 Å². The molecule has 106 valence electrons. The molecule has 0 aliphatic carbocycles. The van der Waals surface area contributed by atoms with E-state index in [0.29, 0.717) is 0 Å². The molecule has 4 heteroatoms. The summed E-state index contributed by atoms with van der Waals surface area (Å²) in [5.41, 5.74) is 3.48. The standard InChI is InChI=1S/C17H18N4/c1-14(16-7-9-18-10-8-16)19-11-15-12-20-21(13-15)17-5-3-2-4-6-17/h2-10,12-14,19H,11H2,1H3/t14-/m1/s1. The Bertz CT molecular complexity index is 676. The molecule has 0 saturated carbocycles. The first-order valence-corrected chi connectivity index (χ1v) is 7.05. The fourth-order valence-corrected chi connectivity index (χ4v) is 2.21. The minimum atomic E-state index is 0.285. The summed E-state index contributed by atoms with van der Waals surface area (Å²) in [6.45, 7) is 2.94. The van der Waals surface area contributed by atoms with Gasteiger partial charge < -0.3 is 5.32 Å². The minimum Gasteiger partial charge on any atom is -0.306 e. The number of nitrogens with one attached hydrogen (secondary N) is 1. The van der Waals surface area contributed by atoms with Crippen LogP contribution in [0.1, 0.15) is 24.1 Å². The van der Waals surface area contributed by atoms with Crippen LogP contribution in [0.5, 0.6) is 0 Å². The van der Waals surface area contributed by atoms with Crippen LogP contribution in [0.2, 0.25) is 0 Å². The van der Waals surface area contributed by atoms with Gasteiger partial charge in [0.25, 0.3) is 0 Å². The predicted molar refractivity (Wildman–Crippen MR) is 83.1 cm³/mol. The van der Waals surface area contributed by atoms with Crippen molar-refractivity contribution in [2.75, 3.05) is 0 Å². The highest BCUT2D eigenvalue weighted by molar-refractivity contribution is 5.30. The molecule has 0 amide bonds. The molecule has 0 unspecified atom stereocenters. The van der Waals surface area contributed by atoms with E-state index in [1.807, 2.05) is 65.7 Å². The van der Waals surface area contributed by atoms with E-state index in [0.717, 1.165) is 12.2 Å². The zero-order chi connectivity index (χ0) is 14.5. The monoisotopic (exact) mass is 278 g/mol. The van der Waals surface area contributed by atoms with Gasteiger partial charge in [-0.2, -0.15) is 5.10 Å². The zero-order valence-electron chi connectivity index (χ0n) is 12.0. The summed E-state index contributed by atoms with van der Waals surface area (Å²) < 4.78 is 1.90. The fraction of sp³-hybridized carbons (Fsp3) is 0.176. The van der Waals surface area contributed by atoms with Crippen LogP contribution in [-0.4, -0.2) is 14.8 Å². The predicted octanol–water partition coefficient (Wildman–Crippen LogP) is 3.12. The summed E-state index contributed by atoms with van der Waals surface area (Å²) in [7, 11) is 0. The molecule has 21 heavy (non-hydrogen) atoms. The van der Waals surface area contributed by atoms with Crippen molar-refractivity contribution in [1.29, 1.82) is 0 Å². The number of para-hydroxylation sites is 1. The maximum Gasteiger partial charge on any atom is 0.0645 e. The molecule has 1 atom stereocenters. The van der Waals surface area contributed by atoms with Crippen molar-refractivity contribution >= 4 is 0 Å². The van der Waals surface area contributed by atoms with Crippen LogP contribution in [0.3, 0.4) is 0 Å². The van der Waals surface area contributed by atoms with E-state index in [1.165, 1.54) is 11.1 Å². The molecule has 1 aromatic carbocycles. The topological polar surface area (TPSA) is 42.7 Å². The van der Waals surface area contributed by atoms with Gasteiger partial charge in [-0.15, -0.1) is 0 Å². The van der Waals surface area contributed by atoms with E-state index in [-0.39, 0.29) is 6.04 Å². The fourth-order valence-electron chi connectivity index (χ4n) is 2.21. The minimum absolute atomic E-state index is 0.285. The quantitative estimate of drug-likeness (QED) is 0.779. The molecular formula is C17H18N4.